The molecule has 0 bridgehead atoms. The van der Waals surface area contributed by atoms with Crippen molar-refractivity contribution < 1.29 is 0 Å². The summed E-state index contributed by atoms with van der Waals surface area (Å²) in [6, 6.07) is 0. The van der Waals surface area contributed by atoms with Gasteiger partial charge in [-0.25, -0.2) is 0 Å². The van der Waals surface area contributed by atoms with E-state index < -0.39 is 0 Å². The van der Waals surface area contributed by atoms with Crippen LogP contribution >= 0.6 is 0 Å². The summed E-state index contributed by atoms with van der Waals surface area (Å²) in [5, 5.41) is 3.55. The molecule has 1 rings (SSSR count). The molecule has 0 saturated carbocycles. The molecule has 0 radical (unpaired) electrons. The molecular formula is C16H34N2. The Morgan fingerprint density at radius 1 is 1.33 bits per heavy atom. The van der Waals surface area contributed by atoms with Gasteiger partial charge in [0.05, 0.1) is 0 Å². The fourth-order valence-electron chi connectivity index (χ4n) is 3.34. The Hall–Kier alpha value is -0.0800. The highest BCUT2D eigenvalue weighted by molar-refractivity contribution is 4.85. The van der Waals surface area contributed by atoms with E-state index in [1.807, 2.05) is 0 Å². The molecule has 1 saturated heterocycles. The first-order chi connectivity index (χ1) is 8.50. The van der Waals surface area contributed by atoms with Crippen LogP contribution in [-0.2, 0) is 0 Å². The summed E-state index contributed by atoms with van der Waals surface area (Å²) < 4.78 is 0. The molecule has 18 heavy (non-hydrogen) atoms. The predicted molar refractivity (Wildman–Crippen MR) is 80.9 cm³/mol. The number of hydrogen-bond acceptors (Lipinski definition) is 2. The third-order valence-electron chi connectivity index (χ3n) is 4.51. The Labute approximate surface area is 115 Å². The summed E-state index contributed by atoms with van der Waals surface area (Å²) in [5.41, 5.74) is 0.455. The topological polar surface area (TPSA) is 15.3 Å². The number of likely N-dealkylation sites (tertiary alicyclic amines) is 1. The summed E-state index contributed by atoms with van der Waals surface area (Å²) in [7, 11) is 0. The highest BCUT2D eigenvalue weighted by Gasteiger charge is 2.31. The van der Waals surface area contributed by atoms with E-state index in [2.05, 4.69) is 44.8 Å². The summed E-state index contributed by atoms with van der Waals surface area (Å²) >= 11 is 0. The van der Waals surface area contributed by atoms with Crippen LogP contribution in [0, 0.1) is 17.3 Å². The van der Waals surface area contributed by atoms with E-state index in [1.165, 1.54) is 45.4 Å². The minimum absolute atomic E-state index is 0.455. The Morgan fingerprint density at radius 2 is 2.06 bits per heavy atom. The van der Waals surface area contributed by atoms with Crippen molar-refractivity contribution in [3.05, 3.63) is 0 Å². The summed E-state index contributed by atoms with van der Waals surface area (Å²) in [5.74, 6) is 1.77. The molecule has 0 amide bonds. The second-order valence-corrected chi connectivity index (χ2v) is 6.87. The molecule has 2 heteroatoms. The number of nitrogens with one attached hydrogen (secondary N) is 1. The first-order valence-corrected chi connectivity index (χ1v) is 7.94. The van der Waals surface area contributed by atoms with Crippen LogP contribution in [0.15, 0.2) is 0 Å². The minimum Gasteiger partial charge on any atom is -0.316 e. The molecule has 1 aliphatic rings. The summed E-state index contributed by atoms with van der Waals surface area (Å²) in [4.78, 5) is 2.71. The minimum atomic E-state index is 0.455. The summed E-state index contributed by atoms with van der Waals surface area (Å²) in [6.07, 6.45) is 4.03. The largest absolute Gasteiger partial charge is 0.316 e. The lowest BCUT2D eigenvalue weighted by molar-refractivity contribution is 0.166. The van der Waals surface area contributed by atoms with E-state index in [-0.39, 0.29) is 0 Å². The van der Waals surface area contributed by atoms with Crippen LogP contribution in [0.2, 0.25) is 0 Å². The normalized spacial score (nSPS) is 24.7. The molecule has 0 aromatic rings. The Bertz CT molecular complexity index is 227. The molecule has 2 nitrogen and oxygen atoms in total. The molecular weight excluding hydrogens is 220 g/mol. The molecule has 1 heterocycles. The van der Waals surface area contributed by atoms with Crippen molar-refractivity contribution in [2.75, 3.05) is 32.7 Å². The zero-order chi connectivity index (χ0) is 13.6. The van der Waals surface area contributed by atoms with Gasteiger partial charge in [-0.05, 0) is 43.2 Å². The third-order valence-corrected chi connectivity index (χ3v) is 4.51. The van der Waals surface area contributed by atoms with Gasteiger partial charge in [-0.15, -0.1) is 0 Å². The first kappa shape index (κ1) is 16.0. The first-order valence-electron chi connectivity index (χ1n) is 7.94. The molecule has 0 aliphatic carbocycles. The van der Waals surface area contributed by atoms with Gasteiger partial charge in [-0.3, -0.25) is 0 Å². The van der Waals surface area contributed by atoms with Crippen LogP contribution < -0.4 is 5.32 Å². The Balaban J connectivity index is 2.46. The SMILES string of the molecule is CCCC(C)(CNCC)CN1CCC(C(C)C)C1. The molecule has 2 unspecified atom stereocenters. The van der Waals surface area contributed by atoms with Gasteiger partial charge in [0.15, 0.2) is 0 Å². The van der Waals surface area contributed by atoms with E-state index in [9.17, 15) is 0 Å². The average molecular weight is 254 g/mol. The molecule has 0 spiro atoms. The van der Waals surface area contributed by atoms with E-state index in [1.54, 1.807) is 0 Å². The van der Waals surface area contributed by atoms with Gasteiger partial charge in [0.1, 0.15) is 0 Å². The van der Waals surface area contributed by atoms with Gasteiger partial charge in [0.2, 0.25) is 0 Å². The maximum absolute atomic E-state index is 3.55. The van der Waals surface area contributed by atoms with Crippen molar-refractivity contribution in [2.45, 2.75) is 53.9 Å². The van der Waals surface area contributed by atoms with Gasteiger partial charge in [-0.2, -0.15) is 0 Å². The van der Waals surface area contributed by atoms with Crippen LogP contribution in [0.1, 0.15) is 53.9 Å². The highest BCUT2D eigenvalue weighted by Crippen LogP contribution is 2.29. The van der Waals surface area contributed by atoms with E-state index in [4.69, 9.17) is 0 Å². The molecule has 108 valence electrons. The quantitative estimate of drug-likeness (QED) is 0.714. The van der Waals surface area contributed by atoms with E-state index in [0.29, 0.717) is 5.41 Å². The molecule has 0 aromatic heterocycles. The van der Waals surface area contributed by atoms with Crippen LogP contribution in [0.3, 0.4) is 0 Å². The average Bonchev–Trinajstić information content (AvgIpc) is 2.75. The lowest BCUT2D eigenvalue weighted by Crippen LogP contribution is -2.41. The van der Waals surface area contributed by atoms with E-state index >= 15 is 0 Å². The van der Waals surface area contributed by atoms with Crippen molar-refractivity contribution in [2.24, 2.45) is 17.3 Å². The van der Waals surface area contributed by atoms with Crippen LogP contribution in [0.4, 0.5) is 0 Å². The Morgan fingerprint density at radius 3 is 2.56 bits per heavy atom. The fraction of sp³-hybridized carbons (Fsp3) is 1.00. The lowest BCUT2D eigenvalue weighted by Gasteiger charge is -2.34. The third kappa shape index (κ3) is 4.89. The van der Waals surface area contributed by atoms with Crippen LogP contribution in [0.5, 0.6) is 0 Å². The number of nitrogens with zero attached hydrogens (tertiary/aromatic N) is 1. The molecule has 1 aliphatic heterocycles. The van der Waals surface area contributed by atoms with Gasteiger partial charge < -0.3 is 10.2 Å². The van der Waals surface area contributed by atoms with Crippen molar-refractivity contribution in [1.29, 1.82) is 0 Å². The van der Waals surface area contributed by atoms with E-state index in [0.717, 1.165) is 18.4 Å². The monoisotopic (exact) mass is 254 g/mol. The molecule has 2 atom stereocenters. The van der Waals surface area contributed by atoms with Gasteiger partial charge in [0.25, 0.3) is 0 Å². The van der Waals surface area contributed by atoms with Gasteiger partial charge in [-0.1, -0.05) is 41.0 Å². The van der Waals surface area contributed by atoms with Gasteiger partial charge >= 0.3 is 0 Å². The maximum Gasteiger partial charge on any atom is 0.00476 e. The second-order valence-electron chi connectivity index (χ2n) is 6.87. The maximum atomic E-state index is 3.55. The fourth-order valence-corrected chi connectivity index (χ4v) is 3.34. The van der Waals surface area contributed by atoms with Crippen molar-refractivity contribution in [1.82, 2.24) is 10.2 Å². The molecule has 1 fully saturated rings. The summed E-state index contributed by atoms with van der Waals surface area (Å²) in [6.45, 7) is 17.9. The van der Waals surface area contributed by atoms with Crippen LogP contribution in [-0.4, -0.2) is 37.6 Å². The van der Waals surface area contributed by atoms with Gasteiger partial charge in [0, 0.05) is 19.6 Å². The predicted octanol–water partition coefficient (Wildman–Crippen LogP) is 3.38. The number of hydrogen-bond donors (Lipinski definition) is 1. The molecule has 1 N–H and O–H groups in total. The second kappa shape index (κ2) is 7.49. The smallest absolute Gasteiger partial charge is 0.00476 e. The van der Waals surface area contributed by atoms with Crippen molar-refractivity contribution in [3.63, 3.8) is 0 Å². The van der Waals surface area contributed by atoms with Crippen molar-refractivity contribution in [3.8, 4) is 0 Å². The highest BCUT2D eigenvalue weighted by atomic mass is 15.2. The zero-order valence-corrected chi connectivity index (χ0v) is 13.3. The van der Waals surface area contributed by atoms with Crippen molar-refractivity contribution >= 4 is 0 Å². The standard InChI is InChI=1S/C16H34N2/c1-6-9-16(5,12-17-7-2)13-18-10-8-15(11-18)14(3)4/h14-15,17H,6-13H2,1-5H3. The molecule has 0 aromatic carbocycles. The van der Waals surface area contributed by atoms with Crippen LogP contribution in [0.25, 0.3) is 0 Å². The number of rotatable bonds is 8. The lowest BCUT2D eigenvalue weighted by atomic mass is 9.84. The zero-order valence-electron chi connectivity index (χ0n) is 13.3. The Kier molecular flexibility index (Phi) is 6.65.